The van der Waals surface area contributed by atoms with Gasteiger partial charge in [-0.05, 0) is 65.0 Å². The van der Waals surface area contributed by atoms with E-state index >= 15 is 0 Å². The Morgan fingerprint density at radius 2 is 1.78 bits per heavy atom. The van der Waals surface area contributed by atoms with Crippen molar-refractivity contribution in [2.24, 2.45) is 11.8 Å². The minimum Gasteiger partial charge on any atom is -0.316 e. The molecule has 0 aromatic carbocycles. The third-order valence-corrected chi connectivity index (χ3v) is 5.00. The summed E-state index contributed by atoms with van der Waals surface area (Å²) in [5.41, 5.74) is 0. The Morgan fingerprint density at radius 3 is 2.28 bits per heavy atom. The van der Waals surface area contributed by atoms with E-state index in [9.17, 15) is 0 Å². The van der Waals surface area contributed by atoms with Gasteiger partial charge in [0.2, 0.25) is 0 Å². The van der Waals surface area contributed by atoms with Crippen LogP contribution in [0.15, 0.2) is 0 Å². The third kappa shape index (κ3) is 3.96. The van der Waals surface area contributed by atoms with Crippen molar-refractivity contribution in [3.63, 3.8) is 0 Å². The summed E-state index contributed by atoms with van der Waals surface area (Å²) < 4.78 is 0. The maximum Gasteiger partial charge on any atom is 0.00723 e. The molecule has 1 aliphatic carbocycles. The minimum atomic E-state index is 0.696. The molecule has 2 aliphatic rings. The van der Waals surface area contributed by atoms with Crippen molar-refractivity contribution in [3.8, 4) is 0 Å². The zero-order valence-corrected chi connectivity index (χ0v) is 12.6. The summed E-state index contributed by atoms with van der Waals surface area (Å²) in [7, 11) is 0. The van der Waals surface area contributed by atoms with Gasteiger partial charge >= 0.3 is 0 Å². The molecule has 2 nitrogen and oxygen atoms in total. The summed E-state index contributed by atoms with van der Waals surface area (Å²) in [6.07, 6.45) is 8.67. The van der Waals surface area contributed by atoms with E-state index in [1.54, 1.807) is 0 Å². The number of hydrogen-bond donors (Lipinski definition) is 1. The van der Waals surface area contributed by atoms with Crippen molar-refractivity contribution >= 4 is 0 Å². The van der Waals surface area contributed by atoms with Gasteiger partial charge in [0.25, 0.3) is 0 Å². The molecule has 2 rings (SSSR count). The third-order valence-electron chi connectivity index (χ3n) is 5.00. The largest absolute Gasteiger partial charge is 0.316 e. The highest BCUT2D eigenvalue weighted by Crippen LogP contribution is 2.32. The second-order valence-corrected chi connectivity index (χ2v) is 6.88. The molecule has 0 radical (unpaired) electrons. The molecule has 0 aromatic rings. The molecular formula is C16H32N2. The van der Waals surface area contributed by atoms with Crippen LogP contribution in [0.2, 0.25) is 0 Å². The van der Waals surface area contributed by atoms with Crippen LogP contribution in [0.1, 0.15) is 59.3 Å². The standard InChI is InChI=1S/C16H32N2/c1-13(2)18(12-16-8-5-9-17-11-16)14(3)10-15-6-4-7-15/h13-17H,4-12H2,1-3H3. The van der Waals surface area contributed by atoms with E-state index in [1.165, 1.54) is 58.2 Å². The lowest BCUT2D eigenvalue weighted by Crippen LogP contribution is -2.46. The fourth-order valence-corrected chi connectivity index (χ4v) is 3.62. The summed E-state index contributed by atoms with van der Waals surface area (Å²) in [5, 5.41) is 3.55. The fraction of sp³-hybridized carbons (Fsp3) is 1.00. The molecule has 0 aromatic heterocycles. The van der Waals surface area contributed by atoms with E-state index in [-0.39, 0.29) is 0 Å². The normalized spacial score (nSPS) is 27.5. The predicted molar refractivity (Wildman–Crippen MR) is 78.9 cm³/mol. The van der Waals surface area contributed by atoms with Crippen molar-refractivity contribution in [2.45, 2.75) is 71.4 Å². The van der Waals surface area contributed by atoms with Gasteiger partial charge in [0.1, 0.15) is 0 Å². The summed E-state index contributed by atoms with van der Waals surface area (Å²) >= 11 is 0. The topological polar surface area (TPSA) is 15.3 Å². The van der Waals surface area contributed by atoms with E-state index in [0.717, 1.165) is 17.9 Å². The predicted octanol–water partition coefficient (Wildman–Crippen LogP) is 3.28. The van der Waals surface area contributed by atoms with Crippen LogP contribution in [-0.4, -0.2) is 36.6 Å². The Labute approximate surface area is 114 Å². The second kappa shape index (κ2) is 6.91. The minimum absolute atomic E-state index is 0.696. The lowest BCUT2D eigenvalue weighted by molar-refractivity contribution is 0.0980. The molecule has 2 unspecified atom stereocenters. The smallest absolute Gasteiger partial charge is 0.00723 e. The van der Waals surface area contributed by atoms with Crippen molar-refractivity contribution in [1.29, 1.82) is 0 Å². The zero-order valence-electron chi connectivity index (χ0n) is 12.6. The van der Waals surface area contributed by atoms with E-state index in [2.05, 4.69) is 31.0 Å². The molecule has 1 saturated heterocycles. The Bertz CT molecular complexity index is 229. The van der Waals surface area contributed by atoms with Gasteiger partial charge in [-0.3, -0.25) is 4.90 Å². The van der Waals surface area contributed by atoms with Gasteiger partial charge in [-0.2, -0.15) is 0 Å². The van der Waals surface area contributed by atoms with Crippen molar-refractivity contribution in [3.05, 3.63) is 0 Å². The summed E-state index contributed by atoms with van der Waals surface area (Å²) in [5.74, 6) is 1.91. The van der Waals surface area contributed by atoms with E-state index in [0.29, 0.717) is 6.04 Å². The molecule has 2 atom stereocenters. The summed E-state index contributed by atoms with van der Waals surface area (Å²) in [6, 6.07) is 1.47. The number of piperidine rings is 1. The highest BCUT2D eigenvalue weighted by atomic mass is 15.2. The van der Waals surface area contributed by atoms with Crippen LogP contribution < -0.4 is 5.32 Å². The Balaban J connectivity index is 1.81. The van der Waals surface area contributed by atoms with E-state index < -0.39 is 0 Å². The van der Waals surface area contributed by atoms with Gasteiger partial charge in [-0.25, -0.2) is 0 Å². The number of hydrogen-bond acceptors (Lipinski definition) is 2. The van der Waals surface area contributed by atoms with Crippen molar-refractivity contribution in [2.75, 3.05) is 19.6 Å². The zero-order chi connectivity index (χ0) is 13.0. The Hall–Kier alpha value is -0.0800. The Kier molecular flexibility index (Phi) is 5.50. The molecule has 1 heterocycles. The Morgan fingerprint density at radius 1 is 1.06 bits per heavy atom. The van der Waals surface area contributed by atoms with Crippen LogP contribution >= 0.6 is 0 Å². The first-order chi connectivity index (χ1) is 8.66. The van der Waals surface area contributed by atoms with Crippen LogP contribution in [-0.2, 0) is 0 Å². The molecule has 18 heavy (non-hydrogen) atoms. The first-order valence-corrected chi connectivity index (χ1v) is 8.13. The molecule has 1 saturated carbocycles. The number of rotatable bonds is 6. The van der Waals surface area contributed by atoms with Gasteiger partial charge in [-0.15, -0.1) is 0 Å². The van der Waals surface area contributed by atoms with Gasteiger partial charge < -0.3 is 5.32 Å². The lowest BCUT2D eigenvalue weighted by Gasteiger charge is -2.39. The summed E-state index contributed by atoms with van der Waals surface area (Å²) in [4.78, 5) is 2.76. The van der Waals surface area contributed by atoms with Gasteiger partial charge in [0.05, 0.1) is 0 Å². The molecular weight excluding hydrogens is 220 g/mol. The average molecular weight is 252 g/mol. The monoisotopic (exact) mass is 252 g/mol. The fourth-order valence-electron chi connectivity index (χ4n) is 3.62. The van der Waals surface area contributed by atoms with Crippen LogP contribution in [0, 0.1) is 11.8 Å². The number of nitrogens with zero attached hydrogens (tertiary/aromatic N) is 1. The van der Waals surface area contributed by atoms with Crippen LogP contribution in [0.5, 0.6) is 0 Å². The number of nitrogens with one attached hydrogen (secondary N) is 1. The average Bonchev–Trinajstić information content (AvgIpc) is 2.31. The van der Waals surface area contributed by atoms with E-state index in [4.69, 9.17) is 0 Å². The van der Waals surface area contributed by atoms with Crippen LogP contribution in [0.4, 0.5) is 0 Å². The quantitative estimate of drug-likeness (QED) is 0.780. The molecule has 0 spiro atoms. The molecule has 2 heteroatoms. The first-order valence-electron chi connectivity index (χ1n) is 8.13. The maximum atomic E-state index is 3.55. The second-order valence-electron chi connectivity index (χ2n) is 6.88. The van der Waals surface area contributed by atoms with Crippen LogP contribution in [0.25, 0.3) is 0 Å². The lowest BCUT2D eigenvalue weighted by atomic mass is 9.80. The molecule has 2 fully saturated rings. The van der Waals surface area contributed by atoms with E-state index in [1.807, 2.05) is 0 Å². The molecule has 106 valence electrons. The van der Waals surface area contributed by atoms with Crippen molar-refractivity contribution in [1.82, 2.24) is 10.2 Å². The summed E-state index contributed by atoms with van der Waals surface area (Å²) in [6.45, 7) is 11.0. The highest BCUT2D eigenvalue weighted by molar-refractivity contribution is 4.81. The van der Waals surface area contributed by atoms with Crippen LogP contribution in [0.3, 0.4) is 0 Å². The van der Waals surface area contributed by atoms with Gasteiger partial charge in [0, 0.05) is 18.6 Å². The van der Waals surface area contributed by atoms with Gasteiger partial charge in [0.15, 0.2) is 0 Å². The molecule has 0 bridgehead atoms. The molecule has 1 aliphatic heterocycles. The first kappa shape index (κ1) is 14.3. The molecule has 0 amide bonds. The van der Waals surface area contributed by atoms with Gasteiger partial charge in [-0.1, -0.05) is 19.3 Å². The molecule has 1 N–H and O–H groups in total. The SMILES string of the molecule is CC(C)N(CC1CCCNC1)C(C)CC1CCC1. The van der Waals surface area contributed by atoms with Crippen molar-refractivity contribution < 1.29 is 0 Å². The maximum absolute atomic E-state index is 3.55. The highest BCUT2D eigenvalue weighted by Gasteiger charge is 2.26.